The molecule has 0 radical (unpaired) electrons. The van der Waals surface area contributed by atoms with Crippen LogP contribution in [0.5, 0.6) is 0 Å². The van der Waals surface area contributed by atoms with Gasteiger partial charge in [0.2, 0.25) is 0 Å². The molecule has 0 heterocycles. The Kier molecular flexibility index (Phi) is 2.54. The lowest BCUT2D eigenvalue weighted by Crippen LogP contribution is -2.14. The Balaban J connectivity index is 2.40. The third kappa shape index (κ3) is 1.45. The highest BCUT2D eigenvalue weighted by Gasteiger charge is 2.29. The van der Waals surface area contributed by atoms with Gasteiger partial charge in [0, 0.05) is 21.7 Å². The van der Waals surface area contributed by atoms with E-state index in [2.05, 4.69) is 6.58 Å². The van der Waals surface area contributed by atoms with Crippen molar-refractivity contribution in [3.05, 3.63) is 75.3 Å². The second-order valence-corrected chi connectivity index (χ2v) is 4.95. The minimum Gasteiger partial charge on any atom is -0.289 e. The summed E-state index contributed by atoms with van der Waals surface area (Å²) in [5.41, 5.74) is 3.28. The Hall–Kier alpha value is -1.57. The van der Waals surface area contributed by atoms with Crippen molar-refractivity contribution in [2.24, 2.45) is 0 Å². The minimum absolute atomic E-state index is 0.0968. The van der Waals surface area contributed by atoms with Gasteiger partial charge in [-0.25, -0.2) is 0 Å². The summed E-state index contributed by atoms with van der Waals surface area (Å²) in [5, 5.41) is 0.987. The van der Waals surface area contributed by atoms with Crippen LogP contribution in [0.2, 0.25) is 10.0 Å². The summed E-state index contributed by atoms with van der Waals surface area (Å²) in [4.78, 5) is 12.4. The van der Waals surface area contributed by atoms with Crippen molar-refractivity contribution in [2.45, 2.75) is 0 Å². The van der Waals surface area contributed by atoms with E-state index in [-0.39, 0.29) is 5.78 Å². The molecular formula is C15H8Cl2O. The average Bonchev–Trinajstić information content (AvgIpc) is 2.35. The predicted octanol–water partition coefficient (Wildman–Crippen LogP) is 4.60. The third-order valence-corrected chi connectivity index (χ3v) is 3.76. The molecule has 0 N–H and O–H groups in total. The number of fused-ring (bicyclic) bond motifs is 2. The Morgan fingerprint density at radius 2 is 1.39 bits per heavy atom. The molecule has 88 valence electrons. The standard InChI is InChI=1S/C15H8Cl2O/c1-8-9-4-2-7-12(17)14(9)15(18)10-5-3-6-11(16)13(8)10/h2-7H,1H2. The van der Waals surface area contributed by atoms with E-state index >= 15 is 0 Å². The van der Waals surface area contributed by atoms with Crippen LogP contribution in [0, 0.1) is 0 Å². The quantitative estimate of drug-likeness (QED) is 0.586. The van der Waals surface area contributed by atoms with Crippen LogP contribution in [0.15, 0.2) is 43.0 Å². The summed E-state index contributed by atoms with van der Waals surface area (Å²) in [6.45, 7) is 4.04. The predicted molar refractivity (Wildman–Crippen MR) is 74.5 cm³/mol. The Bertz CT molecular complexity index is 640. The van der Waals surface area contributed by atoms with Gasteiger partial charge in [-0.2, -0.15) is 0 Å². The Morgan fingerprint density at radius 1 is 0.833 bits per heavy atom. The maximum absolute atomic E-state index is 12.4. The van der Waals surface area contributed by atoms with Crippen molar-refractivity contribution in [1.29, 1.82) is 0 Å². The molecule has 1 aliphatic carbocycles. The van der Waals surface area contributed by atoms with Crippen molar-refractivity contribution in [1.82, 2.24) is 0 Å². The average molecular weight is 275 g/mol. The van der Waals surface area contributed by atoms with E-state index in [1.807, 2.05) is 12.1 Å². The van der Waals surface area contributed by atoms with E-state index in [1.165, 1.54) is 0 Å². The van der Waals surface area contributed by atoms with Crippen molar-refractivity contribution in [3.8, 4) is 0 Å². The van der Waals surface area contributed by atoms with Gasteiger partial charge in [-0.1, -0.05) is 54.0 Å². The van der Waals surface area contributed by atoms with Crippen LogP contribution in [0.4, 0.5) is 0 Å². The van der Waals surface area contributed by atoms with E-state index in [4.69, 9.17) is 23.2 Å². The molecule has 3 heteroatoms. The fourth-order valence-electron chi connectivity index (χ4n) is 2.30. The highest BCUT2D eigenvalue weighted by atomic mass is 35.5. The molecule has 0 atom stereocenters. The molecule has 3 rings (SSSR count). The first-order valence-corrected chi connectivity index (χ1v) is 6.18. The van der Waals surface area contributed by atoms with Gasteiger partial charge in [0.1, 0.15) is 0 Å². The monoisotopic (exact) mass is 274 g/mol. The molecule has 0 unspecified atom stereocenters. The molecule has 0 saturated carbocycles. The second kappa shape index (κ2) is 3.98. The SMILES string of the molecule is C=C1c2cccc(Cl)c2C(=O)c2cccc(Cl)c21. The molecule has 0 saturated heterocycles. The largest absolute Gasteiger partial charge is 0.289 e. The molecule has 0 bridgehead atoms. The topological polar surface area (TPSA) is 17.1 Å². The fraction of sp³-hybridized carbons (Fsp3) is 0. The highest BCUT2D eigenvalue weighted by Crippen LogP contribution is 2.40. The van der Waals surface area contributed by atoms with E-state index in [9.17, 15) is 4.79 Å². The van der Waals surface area contributed by atoms with Crippen LogP contribution in [-0.2, 0) is 0 Å². The van der Waals surface area contributed by atoms with Crippen molar-refractivity contribution >= 4 is 34.6 Å². The van der Waals surface area contributed by atoms with Gasteiger partial charge in [-0.05, 0) is 23.3 Å². The molecule has 1 nitrogen and oxygen atoms in total. The molecule has 2 aromatic rings. The molecule has 0 aromatic heterocycles. The fourth-order valence-corrected chi connectivity index (χ4v) is 2.84. The van der Waals surface area contributed by atoms with Crippen molar-refractivity contribution < 1.29 is 4.79 Å². The first-order valence-electron chi connectivity index (χ1n) is 5.42. The lowest BCUT2D eigenvalue weighted by molar-refractivity contribution is 0.103. The normalized spacial score (nSPS) is 13.2. The van der Waals surface area contributed by atoms with Crippen LogP contribution in [0.25, 0.3) is 5.57 Å². The van der Waals surface area contributed by atoms with Gasteiger partial charge in [0.25, 0.3) is 0 Å². The zero-order valence-electron chi connectivity index (χ0n) is 9.34. The number of hydrogen-bond acceptors (Lipinski definition) is 1. The van der Waals surface area contributed by atoms with Crippen LogP contribution < -0.4 is 0 Å². The van der Waals surface area contributed by atoms with Crippen LogP contribution in [0.1, 0.15) is 27.0 Å². The molecule has 0 spiro atoms. The first-order chi connectivity index (χ1) is 8.61. The number of benzene rings is 2. The summed E-state index contributed by atoms with van der Waals surface area (Å²) in [7, 11) is 0. The number of halogens is 2. The van der Waals surface area contributed by atoms with Gasteiger partial charge in [0.15, 0.2) is 5.78 Å². The summed E-state index contributed by atoms with van der Waals surface area (Å²) < 4.78 is 0. The Labute approximate surface area is 115 Å². The Morgan fingerprint density at radius 3 is 2.06 bits per heavy atom. The minimum atomic E-state index is -0.0968. The molecule has 18 heavy (non-hydrogen) atoms. The second-order valence-electron chi connectivity index (χ2n) is 4.13. The van der Waals surface area contributed by atoms with Gasteiger partial charge < -0.3 is 0 Å². The molecule has 0 fully saturated rings. The molecule has 0 aliphatic heterocycles. The third-order valence-electron chi connectivity index (χ3n) is 3.13. The van der Waals surface area contributed by atoms with Crippen LogP contribution in [0.3, 0.4) is 0 Å². The molecule has 0 amide bonds. The zero-order valence-corrected chi connectivity index (χ0v) is 10.8. The van der Waals surface area contributed by atoms with E-state index < -0.39 is 0 Å². The van der Waals surface area contributed by atoms with E-state index in [0.717, 1.165) is 11.1 Å². The van der Waals surface area contributed by atoms with E-state index in [0.29, 0.717) is 26.7 Å². The van der Waals surface area contributed by atoms with Gasteiger partial charge in [-0.15, -0.1) is 0 Å². The first kappa shape index (κ1) is 11.5. The molecular weight excluding hydrogens is 267 g/mol. The zero-order chi connectivity index (χ0) is 12.9. The van der Waals surface area contributed by atoms with Gasteiger partial charge in [0.05, 0.1) is 5.02 Å². The number of carbonyl (C=O) groups is 1. The van der Waals surface area contributed by atoms with Crippen molar-refractivity contribution in [3.63, 3.8) is 0 Å². The van der Waals surface area contributed by atoms with Crippen molar-refractivity contribution in [2.75, 3.05) is 0 Å². The van der Waals surface area contributed by atoms with Gasteiger partial charge in [-0.3, -0.25) is 4.79 Å². The maximum Gasteiger partial charge on any atom is 0.195 e. The maximum atomic E-state index is 12.4. The number of rotatable bonds is 0. The number of carbonyl (C=O) groups excluding carboxylic acids is 1. The summed E-state index contributed by atoms with van der Waals surface area (Å²) >= 11 is 12.3. The summed E-state index contributed by atoms with van der Waals surface area (Å²) in [5.74, 6) is -0.0968. The summed E-state index contributed by atoms with van der Waals surface area (Å²) in [6.07, 6.45) is 0. The number of ketones is 1. The highest BCUT2D eigenvalue weighted by molar-refractivity contribution is 6.38. The number of hydrogen-bond donors (Lipinski definition) is 0. The lowest BCUT2D eigenvalue weighted by atomic mass is 9.82. The lowest BCUT2D eigenvalue weighted by Gasteiger charge is -2.22. The van der Waals surface area contributed by atoms with Crippen LogP contribution in [-0.4, -0.2) is 5.78 Å². The summed E-state index contributed by atoms with van der Waals surface area (Å²) in [6, 6.07) is 10.6. The molecule has 1 aliphatic rings. The van der Waals surface area contributed by atoms with Gasteiger partial charge >= 0.3 is 0 Å². The van der Waals surface area contributed by atoms with E-state index in [1.54, 1.807) is 24.3 Å². The molecule has 2 aromatic carbocycles. The smallest absolute Gasteiger partial charge is 0.195 e. The van der Waals surface area contributed by atoms with Crippen LogP contribution >= 0.6 is 23.2 Å².